The van der Waals surface area contributed by atoms with Crippen LogP contribution < -0.4 is 0 Å². The van der Waals surface area contributed by atoms with Crippen LogP contribution in [0, 0.1) is 0 Å². The van der Waals surface area contributed by atoms with Crippen molar-refractivity contribution in [3.63, 3.8) is 0 Å². The van der Waals surface area contributed by atoms with Crippen LogP contribution in [0.2, 0.25) is 0 Å². The number of rotatable bonds is 3. The number of hydrogen-bond donors (Lipinski definition) is 0. The van der Waals surface area contributed by atoms with E-state index in [1.54, 1.807) is 24.4 Å². The zero-order valence-electron chi connectivity index (χ0n) is 14.0. The third-order valence-corrected chi connectivity index (χ3v) is 4.64. The maximum atomic E-state index is 12.7. The normalized spacial score (nSPS) is 25.6. The molecule has 0 aliphatic carbocycles. The van der Waals surface area contributed by atoms with Crippen molar-refractivity contribution in [2.24, 2.45) is 20.2 Å². The topological polar surface area (TPSA) is 96.0 Å². The largest absolute Gasteiger partial charge is 0.339 e. The lowest BCUT2D eigenvalue weighted by Crippen LogP contribution is -2.36. The fourth-order valence-corrected chi connectivity index (χ4v) is 3.30. The van der Waals surface area contributed by atoms with Crippen molar-refractivity contribution in [1.29, 1.82) is 0 Å². The summed E-state index contributed by atoms with van der Waals surface area (Å²) >= 11 is 0. The minimum Gasteiger partial charge on any atom is -0.339 e. The zero-order chi connectivity index (χ0) is 18.4. The molecule has 3 unspecified atom stereocenters. The van der Waals surface area contributed by atoms with E-state index < -0.39 is 24.3 Å². The number of imide groups is 1. The first-order valence-electron chi connectivity index (χ1n) is 8.39. The van der Waals surface area contributed by atoms with Gasteiger partial charge in [0.1, 0.15) is 12.4 Å². The fraction of sp³-hybridized carbons (Fsp3) is 0.158. The molecule has 132 valence electrons. The summed E-state index contributed by atoms with van der Waals surface area (Å²) in [5, 5.41) is 7.39. The van der Waals surface area contributed by atoms with E-state index in [-0.39, 0.29) is 6.10 Å². The minimum absolute atomic E-state index is 0.244. The van der Waals surface area contributed by atoms with Crippen LogP contribution in [0.25, 0.3) is 0 Å². The van der Waals surface area contributed by atoms with Crippen LogP contribution in [-0.2, 0) is 4.74 Å². The number of carbonyl (C=O) groups is 2. The van der Waals surface area contributed by atoms with Gasteiger partial charge in [-0.1, -0.05) is 36.4 Å². The number of aliphatic imine (C=N–C) groups is 2. The molecule has 0 N–H and O–H groups in total. The predicted molar refractivity (Wildman–Crippen MR) is 95.6 cm³/mol. The number of carbonyl (C=O) groups excluding carboxylic acids is 2. The van der Waals surface area contributed by atoms with Crippen molar-refractivity contribution < 1.29 is 14.3 Å². The van der Waals surface area contributed by atoms with Crippen LogP contribution in [0.1, 0.15) is 44.2 Å². The van der Waals surface area contributed by atoms with Crippen LogP contribution in [0.5, 0.6) is 0 Å². The van der Waals surface area contributed by atoms with Gasteiger partial charge in [-0.15, -0.1) is 10.2 Å². The zero-order valence-corrected chi connectivity index (χ0v) is 14.0. The van der Waals surface area contributed by atoms with Crippen molar-refractivity contribution in [3.05, 3.63) is 70.8 Å². The number of hydrogen-bond acceptors (Lipinski definition) is 7. The molecule has 2 amide bonds. The molecule has 0 fully saturated rings. The van der Waals surface area contributed by atoms with Gasteiger partial charge < -0.3 is 4.74 Å². The van der Waals surface area contributed by atoms with Crippen LogP contribution in [0.3, 0.4) is 0 Å². The molecule has 8 heteroatoms. The Bertz CT molecular complexity index is 1020. The Morgan fingerprint density at radius 2 is 1.70 bits per heavy atom. The maximum absolute atomic E-state index is 12.7. The van der Waals surface area contributed by atoms with Crippen molar-refractivity contribution >= 4 is 24.4 Å². The van der Waals surface area contributed by atoms with E-state index in [0.29, 0.717) is 16.7 Å². The Kier molecular flexibility index (Phi) is 3.51. The van der Waals surface area contributed by atoms with Gasteiger partial charge in [-0.2, -0.15) is 0 Å². The molecular weight excluding hydrogens is 346 g/mol. The summed E-state index contributed by atoms with van der Waals surface area (Å²) < 4.78 is 5.99. The summed E-state index contributed by atoms with van der Waals surface area (Å²) in [4.78, 5) is 34.6. The lowest BCUT2D eigenvalue weighted by Gasteiger charge is -2.14. The third kappa shape index (κ3) is 2.49. The molecule has 3 atom stereocenters. The van der Waals surface area contributed by atoms with Crippen molar-refractivity contribution in [2.75, 3.05) is 0 Å². The highest BCUT2D eigenvalue weighted by Gasteiger charge is 2.41. The number of fused-ring (bicyclic) bond motifs is 1. The maximum Gasteiger partial charge on any atom is 0.264 e. The first-order chi connectivity index (χ1) is 13.2. The molecule has 3 aliphatic rings. The van der Waals surface area contributed by atoms with E-state index in [0.717, 1.165) is 10.5 Å². The molecule has 0 radical (unpaired) electrons. The lowest BCUT2D eigenvalue weighted by atomic mass is 10.0. The molecule has 0 aromatic heterocycles. The highest BCUT2D eigenvalue weighted by atomic mass is 16.5. The summed E-state index contributed by atoms with van der Waals surface area (Å²) in [6, 6.07) is 14.8. The second kappa shape index (κ2) is 6.03. The van der Waals surface area contributed by atoms with Crippen LogP contribution >= 0.6 is 0 Å². The fourth-order valence-electron chi connectivity index (χ4n) is 3.30. The number of nitrogens with zero attached hydrogens (tertiary/aromatic N) is 5. The van der Waals surface area contributed by atoms with Gasteiger partial charge >= 0.3 is 0 Å². The first kappa shape index (κ1) is 15.7. The molecule has 0 saturated carbocycles. The summed E-state index contributed by atoms with van der Waals surface area (Å²) in [6.07, 6.45) is 1.28. The molecule has 2 aromatic rings. The summed E-state index contributed by atoms with van der Waals surface area (Å²) in [6.45, 7) is 0. The number of azo groups is 1. The molecule has 27 heavy (non-hydrogen) atoms. The second-order valence-corrected chi connectivity index (χ2v) is 6.25. The summed E-state index contributed by atoms with van der Waals surface area (Å²) in [7, 11) is 0. The monoisotopic (exact) mass is 359 g/mol. The molecule has 0 saturated heterocycles. The van der Waals surface area contributed by atoms with Gasteiger partial charge in [0.05, 0.1) is 11.1 Å². The second-order valence-electron chi connectivity index (χ2n) is 6.25. The minimum atomic E-state index is -0.927. The van der Waals surface area contributed by atoms with E-state index in [1.165, 1.54) is 6.34 Å². The van der Waals surface area contributed by atoms with Gasteiger partial charge in [-0.05, 0) is 17.7 Å². The van der Waals surface area contributed by atoms with Crippen molar-refractivity contribution in [3.8, 4) is 0 Å². The first-order valence-corrected chi connectivity index (χ1v) is 8.39. The van der Waals surface area contributed by atoms with Gasteiger partial charge in [-0.3, -0.25) is 14.6 Å². The van der Waals surface area contributed by atoms with Gasteiger partial charge in [0, 0.05) is 11.8 Å². The van der Waals surface area contributed by atoms with Crippen LogP contribution in [-0.4, -0.2) is 35.6 Å². The Balaban J connectivity index is 1.41. The average molecular weight is 359 g/mol. The Hall–Kier alpha value is -3.52. The van der Waals surface area contributed by atoms with Crippen molar-refractivity contribution in [1.82, 2.24) is 4.90 Å². The smallest absolute Gasteiger partial charge is 0.264 e. The number of benzene rings is 2. The van der Waals surface area contributed by atoms with E-state index in [1.807, 2.05) is 30.3 Å². The molecule has 5 rings (SSSR count). The van der Waals surface area contributed by atoms with E-state index in [9.17, 15) is 9.59 Å². The standard InChI is InChI=1S/C19H13N5O3/c25-17-13-7-6-12(8-14(13)18(26)24(17)19-21-10-22-23-19)16-20-9-15(27-16)11-4-2-1-3-5-11/h1-10,15-16,19H. The Morgan fingerprint density at radius 3 is 2.48 bits per heavy atom. The van der Waals surface area contributed by atoms with E-state index in [4.69, 9.17) is 4.74 Å². The van der Waals surface area contributed by atoms with E-state index in [2.05, 4.69) is 20.2 Å². The molecule has 2 aromatic carbocycles. The average Bonchev–Trinajstić information content (AvgIpc) is 3.44. The van der Waals surface area contributed by atoms with Gasteiger partial charge in [0.25, 0.3) is 11.8 Å². The van der Waals surface area contributed by atoms with Gasteiger partial charge in [0.15, 0.2) is 6.23 Å². The molecule has 0 bridgehead atoms. The summed E-state index contributed by atoms with van der Waals surface area (Å²) in [5.41, 5.74) is 2.34. The molecule has 3 aliphatic heterocycles. The van der Waals surface area contributed by atoms with Gasteiger partial charge in [-0.25, -0.2) is 9.89 Å². The Labute approximate surface area is 153 Å². The van der Waals surface area contributed by atoms with Gasteiger partial charge in [0.2, 0.25) is 6.29 Å². The number of ether oxygens (including phenoxy) is 1. The SMILES string of the molecule is O=C1c2ccc(C3N=CC(c4ccccc4)O3)cc2C(=O)N1C1N=CN=N1. The predicted octanol–water partition coefficient (Wildman–Crippen LogP) is 2.90. The number of amides is 2. The summed E-state index contributed by atoms with van der Waals surface area (Å²) in [5.74, 6) is -0.871. The Morgan fingerprint density at radius 1 is 0.889 bits per heavy atom. The van der Waals surface area contributed by atoms with Crippen LogP contribution in [0.4, 0.5) is 0 Å². The van der Waals surface area contributed by atoms with E-state index >= 15 is 0 Å². The molecular formula is C19H13N5O3. The third-order valence-electron chi connectivity index (χ3n) is 4.64. The quantitative estimate of drug-likeness (QED) is 0.788. The molecule has 8 nitrogen and oxygen atoms in total. The lowest BCUT2D eigenvalue weighted by molar-refractivity contribution is 0.0506. The highest BCUT2D eigenvalue weighted by molar-refractivity contribution is 6.21. The molecule has 0 spiro atoms. The van der Waals surface area contributed by atoms with Crippen molar-refractivity contribution in [2.45, 2.75) is 18.6 Å². The van der Waals surface area contributed by atoms with Crippen LogP contribution in [0.15, 0.2) is 68.7 Å². The molecule has 3 heterocycles. The highest BCUT2D eigenvalue weighted by Crippen LogP contribution is 2.35.